The van der Waals surface area contributed by atoms with E-state index in [1.54, 1.807) is 19.0 Å². The van der Waals surface area contributed by atoms with Gasteiger partial charge in [-0.1, -0.05) is 24.3 Å². The SMILES string of the molecule is CCNC(=NCc1cccc(CN(C)C)c1)NCC(=O)N(C)C.I. The molecule has 0 aliphatic heterocycles. The predicted octanol–water partition coefficient (Wildman–Crippen LogP) is 1.51. The Kier molecular flexibility index (Phi) is 11.4. The number of hydrogen-bond donors (Lipinski definition) is 2. The largest absolute Gasteiger partial charge is 0.357 e. The lowest BCUT2D eigenvalue weighted by Gasteiger charge is -2.14. The van der Waals surface area contributed by atoms with Gasteiger partial charge in [0.05, 0.1) is 13.1 Å². The van der Waals surface area contributed by atoms with Crippen molar-refractivity contribution in [2.75, 3.05) is 41.3 Å². The van der Waals surface area contributed by atoms with Gasteiger partial charge >= 0.3 is 0 Å². The first kappa shape index (κ1) is 22.6. The lowest BCUT2D eigenvalue weighted by Crippen LogP contribution is -2.42. The fourth-order valence-corrected chi connectivity index (χ4v) is 2.02. The van der Waals surface area contributed by atoms with Crippen molar-refractivity contribution in [2.45, 2.75) is 20.0 Å². The van der Waals surface area contributed by atoms with Crippen molar-refractivity contribution in [3.63, 3.8) is 0 Å². The first-order valence-electron chi connectivity index (χ1n) is 7.87. The number of carbonyl (C=O) groups is 1. The first-order valence-corrected chi connectivity index (χ1v) is 7.87. The van der Waals surface area contributed by atoms with Crippen molar-refractivity contribution in [1.82, 2.24) is 20.4 Å². The van der Waals surface area contributed by atoms with Crippen molar-refractivity contribution < 1.29 is 4.79 Å². The molecule has 1 aromatic rings. The molecule has 0 heterocycles. The smallest absolute Gasteiger partial charge is 0.241 e. The molecule has 0 atom stereocenters. The number of aliphatic imine (C=N–C) groups is 1. The predicted molar refractivity (Wildman–Crippen MR) is 111 cm³/mol. The van der Waals surface area contributed by atoms with Crippen LogP contribution in [0.3, 0.4) is 0 Å². The van der Waals surface area contributed by atoms with Gasteiger partial charge in [0.1, 0.15) is 0 Å². The third kappa shape index (κ3) is 9.07. The summed E-state index contributed by atoms with van der Waals surface area (Å²) in [6, 6.07) is 8.40. The Morgan fingerprint density at radius 2 is 1.79 bits per heavy atom. The molecule has 136 valence electrons. The van der Waals surface area contributed by atoms with Crippen LogP contribution in [0.25, 0.3) is 0 Å². The van der Waals surface area contributed by atoms with Gasteiger partial charge in [-0.3, -0.25) is 4.79 Å². The van der Waals surface area contributed by atoms with Crippen molar-refractivity contribution in [3.8, 4) is 0 Å². The highest BCUT2D eigenvalue weighted by Crippen LogP contribution is 2.08. The van der Waals surface area contributed by atoms with Crippen molar-refractivity contribution in [3.05, 3.63) is 35.4 Å². The van der Waals surface area contributed by atoms with Crippen LogP contribution in [-0.2, 0) is 17.9 Å². The zero-order chi connectivity index (χ0) is 17.2. The van der Waals surface area contributed by atoms with Gasteiger partial charge in [0, 0.05) is 27.2 Å². The normalized spacial score (nSPS) is 11.0. The van der Waals surface area contributed by atoms with Crippen LogP contribution in [0.4, 0.5) is 0 Å². The minimum Gasteiger partial charge on any atom is -0.357 e. The van der Waals surface area contributed by atoms with E-state index in [1.807, 2.05) is 6.92 Å². The maximum Gasteiger partial charge on any atom is 0.241 e. The maximum absolute atomic E-state index is 11.6. The highest BCUT2D eigenvalue weighted by atomic mass is 127. The van der Waals surface area contributed by atoms with E-state index in [2.05, 4.69) is 58.9 Å². The highest BCUT2D eigenvalue weighted by molar-refractivity contribution is 14.0. The fourth-order valence-electron chi connectivity index (χ4n) is 2.02. The second-order valence-corrected chi connectivity index (χ2v) is 5.89. The molecule has 2 N–H and O–H groups in total. The number of benzene rings is 1. The van der Waals surface area contributed by atoms with Crippen LogP contribution in [0.5, 0.6) is 0 Å². The molecule has 0 aliphatic carbocycles. The number of rotatable bonds is 7. The fraction of sp³-hybridized carbons (Fsp3) is 0.529. The number of likely N-dealkylation sites (N-methyl/N-ethyl adjacent to an activating group) is 1. The molecular weight excluding hydrogens is 417 g/mol. The van der Waals surface area contributed by atoms with Crippen LogP contribution in [0.15, 0.2) is 29.3 Å². The molecule has 0 unspecified atom stereocenters. The average molecular weight is 447 g/mol. The molecule has 0 fully saturated rings. The number of nitrogens with zero attached hydrogens (tertiary/aromatic N) is 3. The minimum atomic E-state index is 0. The molecule has 1 rings (SSSR count). The summed E-state index contributed by atoms with van der Waals surface area (Å²) < 4.78 is 0. The summed E-state index contributed by atoms with van der Waals surface area (Å²) in [5, 5.41) is 6.21. The van der Waals surface area contributed by atoms with Crippen LogP contribution in [0, 0.1) is 0 Å². The molecule has 24 heavy (non-hydrogen) atoms. The Morgan fingerprint density at radius 1 is 1.12 bits per heavy atom. The van der Waals surface area contributed by atoms with Crippen LogP contribution in [0.1, 0.15) is 18.1 Å². The molecule has 6 nitrogen and oxygen atoms in total. The molecule has 0 saturated carbocycles. The summed E-state index contributed by atoms with van der Waals surface area (Å²) in [4.78, 5) is 19.9. The summed E-state index contributed by atoms with van der Waals surface area (Å²) in [6.45, 7) is 4.48. The monoisotopic (exact) mass is 447 g/mol. The summed E-state index contributed by atoms with van der Waals surface area (Å²) in [7, 11) is 7.59. The van der Waals surface area contributed by atoms with Gasteiger partial charge in [-0.05, 0) is 32.1 Å². The van der Waals surface area contributed by atoms with Gasteiger partial charge < -0.3 is 20.4 Å². The third-order valence-electron chi connectivity index (χ3n) is 3.16. The Hall–Kier alpha value is -1.35. The van der Waals surface area contributed by atoms with Crippen LogP contribution in [-0.4, -0.2) is 62.9 Å². The van der Waals surface area contributed by atoms with Gasteiger partial charge in [0.25, 0.3) is 0 Å². The first-order chi connectivity index (χ1) is 10.9. The number of carbonyl (C=O) groups excluding carboxylic acids is 1. The number of hydrogen-bond acceptors (Lipinski definition) is 3. The minimum absolute atomic E-state index is 0. The standard InChI is InChI=1S/C17H29N5O.HI/c1-6-18-17(20-12-16(23)22(4)5)19-11-14-8-7-9-15(10-14)13-21(2)3;/h7-10H,6,11-13H2,1-5H3,(H2,18,19,20);1H. The summed E-state index contributed by atoms with van der Waals surface area (Å²) in [5.74, 6) is 0.671. The van der Waals surface area contributed by atoms with E-state index in [9.17, 15) is 4.79 Å². The molecule has 0 saturated heterocycles. The van der Waals surface area contributed by atoms with Crippen molar-refractivity contribution in [2.24, 2.45) is 4.99 Å². The maximum atomic E-state index is 11.6. The molecule has 0 radical (unpaired) electrons. The Bertz CT molecular complexity index is 531. The van der Waals surface area contributed by atoms with Crippen LogP contribution < -0.4 is 10.6 Å². The van der Waals surface area contributed by atoms with E-state index < -0.39 is 0 Å². The molecular formula is C17H30IN5O. The van der Waals surface area contributed by atoms with Crippen LogP contribution >= 0.6 is 24.0 Å². The number of nitrogens with one attached hydrogen (secondary N) is 2. The molecule has 1 amide bonds. The van der Waals surface area contributed by atoms with E-state index in [0.717, 1.165) is 18.7 Å². The van der Waals surface area contributed by atoms with Crippen molar-refractivity contribution >= 4 is 35.8 Å². The van der Waals surface area contributed by atoms with E-state index in [1.165, 1.54) is 5.56 Å². The highest BCUT2D eigenvalue weighted by Gasteiger charge is 2.05. The zero-order valence-corrected chi connectivity index (χ0v) is 17.6. The lowest BCUT2D eigenvalue weighted by atomic mass is 10.1. The average Bonchev–Trinajstić information content (AvgIpc) is 2.49. The number of amides is 1. The summed E-state index contributed by atoms with van der Waals surface area (Å²) in [5.41, 5.74) is 2.42. The van der Waals surface area contributed by atoms with Gasteiger partial charge in [0.2, 0.25) is 5.91 Å². The van der Waals surface area contributed by atoms with E-state index in [-0.39, 0.29) is 36.4 Å². The zero-order valence-electron chi connectivity index (χ0n) is 15.3. The second kappa shape index (κ2) is 12.1. The van der Waals surface area contributed by atoms with Gasteiger partial charge in [-0.2, -0.15) is 0 Å². The molecule has 0 aromatic heterocycles. The molecule has 0 spiro atoms. The van der Waals surface area contributed by atoms with Gasteiger partial charge in [0.15, 0.2) is 5.96 Å². The number of guanidine groups is 1. The third-order valence-corrected chi connectivity index (χ3v) is 3.16. The Morgan fingerprint density at radius 3 is 2.38 bits per heavy atom. The van der Waals surface area contributed by atoms with Crippen LogP contribution in [0.2, 0.25) is 0 Å². The topological polar surface area (TPSA) is 60.0 Å². The molecule has 1 aromatic carbocycles. The molecule has 7 heteroatoms. The Balaban J connectivity index is 0.00000529. The quantitative estimate of drug-likeness (QED) is 0.378. The number of halogens is 1. The molecule has 0 bridgehead atoms. The summed E-state index contributed by atoms with van der Waals surface area (Å²) >= 11 is 0. The van der Waals surface area contributed by atoms with Crippen molar-refractivity contribution in [1.29, 1.82) is 0 Å². The second-order valence-electron chi connectivity index (χ2n) is 5.89. The molecule has 0 aliphatic rings. The Labute approximate surface area is 162 Å². The van der Waals surface area contributed by atoms with E-state index in [4.69, 9.17) is 0 Å². The van der Waals surface area contributed by atoms with Gasteiger partial charge in [-0.15, -0.1) is 24.0 Å². The van der Waals surface area contributed by atoms with E-state index in [0.29, 0.717) is 12.5 Å². The van der Waals surface area contributed by atoms with E-state index >= 15 is 0 Å². The summed E-state index contributed by atoms with van der Waals surface area (Å²) in [6.07, 6.45) is 0. The lowest BCUT2D eigenvalue weighted by molar-refractivity contribution is -0.127. The van der Waals surface area contributed by atoms with Gasteiger partial charge in [-0.25, -0.2) is 4.99 Å².